The molecule has 0 atom stereocenters. The topological polar surface area (TPSA) is 54.1 Å². The van der Waals surface area contributed by atoms with Gasteiger partial charge in [0.25, 0.3) is 0 Å². The van der Waals surface area contributed by atoms with Gasteiger partial charge in [-0.15, -0.1) is 0 Å². The number of aryl methyl sites for hydroxylation is 1. The number of carbonyl (C=O) groups is 1. The Kier molecular flexibility index (Phi) is 5.86. The van der Waals surface area contributed by atoms with Crippen LogP contribution in [0.1, 0.15) is 29.5 Å². The number of fused-ring (bicyclic) bond motifs is 1. The molecule has 0 aliphatic carbocycles. The summed E-state index contributed by atoms with van der Waals surface area (Å²) in [6, 6.07) is 16.4. The summed E-state index contributed by atoms with van der Waals surface area (Å²) in [6.45, 7) is 1.18. The van der Waals surface area contributed by atoms with Crippen LogP contribution < -0.4 is 5.32 Å². The second kappa shape index (κ2) is 8.49. The normalized spacial score (nSPS) is 10.9. The van der Waals surface area contributed by atoms with E-state index in [2.05, 4.69) is 22.4 Å². The Morgan fingerprint density at radius 3 is 2.64 bits per heavy atom. The van der Waals surface area contributed by atoms with Crippen LogP contribution in [0.15, 0.2) is 54.7 Å². The smallest absolute Gasteiger partial charge is 0.220 e. The molecule has 0 unspecified atom stereocenters. The van der Waals surface area contributed by atoms with Crippen LogP contribution in [0.2, 0.25) is 0 Å². The molecule has 1 aromatic heterocycles. The van der Waals surface area contributed by atoms with Crippen LogP contribution in [-0.2, 0) is 29.1 Å². The van der Waals surface area contributed by atoms with Gasteiger partial charge < -0.3 is 15.0 Å². The van der Waals surface area contributed by atoms with E-state index in [1.165, 1.54) is 10.9 Å². The predicted octanol–water partition coefficient (Wildman–Crippen LogP) is 3.95. The highest BCUT2D eigenvalue weighted by Gasteiger charge is 2.05. The van der Waals surface area contributed by atoms with Gasteiger partial charge in [-0.25, -0.2) is 0 Å². The molecule has 130 valence electrons. The lowest BCUT2D eigenvalue weighted by Crippen LogP contribution is -2.22. The molecule has 0 fully saturated rings. The Morgan fingerprint density at radius 2 is 1.84 bits per heavy atom. The van der Waals surface area contributed by atoms with E-state index >= 15 is 0 Å². The summed E-state index contributed by atoms with van der Waals surface area (Å²) in [5.74, 6) is 0.0980. The lowest BCUT2D eigenvalue weighted by atomic mass is 10.1. The Hall–Kier alpha value is -2.59. The molecule has 2 N–H and O–H groups in total. The minimum Gasteiger partial charge on any atom is -0.380 e. The third-order valence-electron chi connectivity index (χ3n) is 4.35. The second-order valence-corrected chi connectivity index (χ2v) is 6.24. The number of amides is 1. The first kappa shape index (κ1) is 17.2. The molecule has 4 nitrogen and oxygen atoms in total. The van der Waals surface area contributed by atoms with Crippen molar-refractivity contribution in [1.82, 2.24) is 10.3 Å². The minimum atomic E-state index is 0.0980. The van der Waals surface area contributed by atoms with Crippen LogP contribution in [0.25, 0.3) is 10.9 Å². The molecule has 3 aromatic rings. The summed E-state index contributed by atoms with van der Waals surface area (Å²) in [6.07, 6.45) is 4.34. The van der Waals surface area contributed by atoms with E-state index in [1.807, 2.05) is 42.6 Å². The number of hydrogen-bond donors (Lipinski definition) is 2. The summed E-state index contributed by atoms with van der Waals surface area (Å²) >= 11 is 0. The summed E-state index contributed by atoms with van der Waals surface area (Å²) in [5.41, 5.74) is 4.66. The number of aromatic nitrogens is 1. The van der Waals surface area contributed by atoms with Gasteiger partial charge in [0, 0.05) is 37.2 Å². The highest BCUT2D eigenvalue weighted by molar-refractivity contribution is 5.83. The number of para-hydroxylation sites is 1. The van der Waals surface area contributed by atoms with E-state index < -0.39 is 0 Å². The molecular weight excluding hydrogens is 312 g/mol. The zero-order valence-electron chi connectivity index (χ0n) is 14.5. The maximum absolute atomic E-state index is 12.0. The number of H-pyrrole nitrogens is 1. The molecule has 3 rings (SSSR count). The van der Waals surface area contributed by atoms with Gasteiger partial charge >= 0.3 is 0 Å². The van der Waals surface area contributed by atoms with Gasteiger partial charge in [-0.3, -0.25) is 4.79 Å². The number of methoxy groups -OCH3 is 1. The van der Waals surface area contributed by atoms with Crippen LogP contribution in [0.4, 0.5) is 0 Å². The van der Waals surface area contributed by atoms with Crippen LogP contribution in [0.5, 0.6) is 0 Å². The Labute approximate surface area is 148 Å². The molecule has 0 saturated heterocycles. The third kappa shape index (κ3) is 4.70. The van der Waals surface area contributed by atoms with Crippen molar-refractivity contribution in [2.75, 3.05) is 7.11 Å². The zero-order chi connectivity index (χ0) is 17.5. The third-order valence-corrected chi connectivity index (χ3v) is 4.35. The average molecular weight is 336 g/mol. The fourth-order valence-electron chi connectivity index (χ4n) is 2.99. The van der Waals surface area contributed by atoms with Gasteiger partial charge in [-0.1, -0.05) is 42.5 Å². The van der Waals surface area contributed by atoms with Crippen molar-refractivity contribution < 1.29 is 9.53 Å². The number of ether oxygens (including phenoxy) is 1. The first-order valence-corrected chi connectivity index (χ1v) is 8.64. The lowest BCUT2D eigenvalue weighted by Gasteiger charge is -2.06. The molecule has 1 heterocycles. The summed E-state index contributed by atoms with van der Waals surface area (Å²) in [4.78, 5) is 15.3. The minimum absolute atomic E-state index is 0.0980. The van der Waals surface area contributed by atoms with Gasteiger partial charge in [0.05, 0.1) is 6.61 Å². The molecule has 0 bridgehead atoms. The maximum atomic E-state index is 12.0. The number of nitrogens with one attached hydrogen (secondary N) is 2. The Bertz CT molecular complexity index is 821. The van der Waals surface area contributed by atoms with Crippen molar-refractivity contribution in [3.8, 4) is 0 Å². The molecule has 0 aliphatic heterocycles. The molecule has 0 saturated carbocycles. The summed E-state index contributed by atoms with van der Waals surface area (Å²) in [7, 11) is 1.68. The van der Waals surface area contributed by atoms with E-state index in [4.69, 9.17) is 4.74 Å². The van der Waals surface area contributed by atoms with Crippen molar-refractivity contribution >= 4 is 16.8 Å². The molecule has 2 aromatic carbocycles. The number of aromatic amines is 1. The fraction of sp³-hybridized carbons (Fsp3) is 0.286. The Balaban J connectivity index is 1.42. The Morgan fingerprint density at radius 1 is 1.08 bits per heavy atom. The fourth-order valence-corrected chi connectivity index (χ4v) is 2.99. The molecule has 1 amide bonds. The molecule has 4 heteroatoms. The highest BCUT2D eigenvalue weighted by Crippen LogP contribution is 2.19. The van der Waals surface area contributed by atoms with Crippen LogP contribution in [-0.4, -0.2) is 18.0 Å². The van der Waals surface area contributed by atoms with Crippen molar-refractivity contribution in [1.29, 1.82) is 0 Å². The van der Waals surface area contributed by atoms with Crippen LogP contribution in [0, 0.1) is 0 Å². The highest BCUT2D eigenvalue weighted by atomic mass is 16.5. The molecule has 0 aliphatic rings. The van der Waals surface area contributed by atoms with Crippen molar-refractivity contribution in [2.24, 2.45) is 0 Å². The molecular formula is C21H24N2O2. The van der Waals surface area contributed by atoms with E-state index in [9.17, 15) is 4.79 Å². The van der Waals surface area contributed by atoms with Crippen molar-refractivity contribution in [3.05, 3.63) is 71.4 Å². The van der Waals surface area contributed by atoms with Crippen LogP contribution in [0.3, 0.4) is 0 Å². The standard InChI is InChI=1S/C21H24N2O2/c1-25-15-17-11-9-16(10-12-17)13-23-21(24)8-4-5-18-14-22-20-7-3-2-6-19(18)20/h2-3,6-7,9-12,14,22H,4-5,8,13,15H2,1H3,(H,23,24). The van der Waals surface area contributed by atoms with Gasteiger partial charge in [0.1, 0.15) is 0 Å². The molecule has 0 radical (unpaired) electrons. The van der Waals surface area contributed by atoms with E-state index in [1.54, 1.807) is 7.11 Å². The summed E-state index contributed by atoms with van der Waals surface area (Å²) < 4.78 is 5.10. The summed E-state index contributed by atoms with van der Waals surface area (Å²) in [5, 5.41) is 4.24. The molecule has 25 heavy (non-hydrogen) atoms. The van der Waals surface area contributed by atoms with Gasteiger partial charge in [-0.05, 0) is 35.6 Å². The van der Waals surface area contributed by atoms with Gasteiger partial charge in [0.15, 0.2) is 0 Å². The van der Waals surface area contributed by atoms with Crippen LogP contribution >= 0.6 is 0 Å². The quantitative estimate of drug-likeness (QED) is 0.654. The maximum Gasteiger partial charge on any atom is 0.220 e. The van der Waals surface area contributed by atoms with Crippen molar-refractivity contribution in [2.45, 2.75) is 32.4 Å². The monoisotopic (exact) mass is 336 g/mol. The first-order chi connectivity index (χ1) is 12.3. The number of carbonyl (C=O) groups excluding carboxylic acids is 1. The second-order valence-electron chi connectivity index (χ2n) is 6.24. The predicted molar refractivity (Wildman–Crippen MR) is 100 cm³/mol. The van der Waals surface area contributed by atoms with Gasteiger partial charge in [0.2, 0.25) is 5.91 Å². The zero-order valence-corrected chi connectivity index (χ0v) is 14.5. The van der Waals surface area contributed by atoms with E-state index in [-0.39, 0.29) is 5.91 Å². The average Bonchev–Trinajstić information content (AvgIpc) is 3.05. The van der Waals surface area contributed by atoms with Crippen molar-refractivity contribution in [3.63, 3.8) is 0 Å². The van der Waals surface area contributed by atoms with E-state index in [0.29, 0.717) is 19.6 Å². The number of benzene rings is 2. The largest absolute Gasteiger partial charge is 0.380 e. The number of rotatable bonds is 8. The van der Waals surface area contributed by atoms with Gasteiger partial charge in [-0.2, -0.15) is 0 Å². The molecule has 0 spiro atoms. The SMILES string of the molecule is COCc1ccc(CNC(=O)CCCc2c[nH]c3ccccc23)cc1. The first-order valence-electron chi connectivity index (χ1n) is 8.64. The number of hydrogen-bond acceptors (Lipinski definition) is 2. The van der Waals surface area contributed by atoms with E-state index in [0.717, 1.165) is 29.5 Å². The lowest BCUT2D eigenvalue weighted by molar-refractivity contribution is -0.121.